The first-order chi connectivity index (χ1) is 13.3. The van der Waals surface area contributed by atoms with Crippen LogP contribution in [0.3, 0.4) is 0 Å². The fourth-order valence-corrected chi connectivity index (χ4v) is 4.16. The molecule has 0 spiro atoms. The molecule has 4 rings (SSSR count). The number of carbonyl (C=O) groups excluding carboxylic acids is 1. The normalized spacial score (nSPS) is 17.2. The van der Waals surface area contributed by atoms with E-state index < -0.39 is 0 Å². The third-order valence-corrected chi connectivity index (χ3v) is 5.46. The lowest BCUT2D eigenvalue weighted by molar-refractivity contribution is -0.128. The molecule has 3 heterocycles. The van der Waals surface area contributed by atoms with Gasteiger partial charge in [0.2, 0.25) is 5.91 Å². The highest BCUT2D eigenvalue weighted by atomic mass is 35.5. The molecule has 2 aromatic heterocycles. The third-order valence-electron chi connectivity index (χ3n) is 4.91. The number of carbonyl (C=O) groups is 1. The lowest BCUT2D eigenvalue weighted by Crippen LogP contribution is -2.29. The van der Waals surface area contributed by atoms with E-state index in [1.54, 1.807) is 24.3 Å². The number of hydrogen-bond acceptors (Lipinski definition) is 3. The molecule has 146 valence electrons. The summed E-state index contributed by atoms with van der Waals surface area (Å²) in [5.41, 5.74) is 2.34. The molecule has 8 heteroatoms. The van der Waals surface area contributed by atoms with Crippen molar-refractivity contribution in [3.8, 4) is 11.3 Å². The molecule has 1 aliphatic rings. The number of fused-ring (bicyclic) bond motifs is 1. The summed E-state index contributed by atoms with van der Waals surface area (Å²) >= 11 is 12.2. The van der Waals surface area contributed by atoms with Crippen LogP contribution in [0.25, 0.3) is 16.9 Å². The van der Waals surface area contributed by atoms with Crippen molar-refractivity contribution in [2.75, 3.05) is 13.1 Å². The number of aromatic amines is 1. The van der Waals surface area contributed by atoms with E-state index in [0.717, 1.165) is 12.1 Å². The maximum atomic E-state index is 12.6. The number of aromatic nitrogens is 3. The van der Waals surface area contributed by atoms with Crippen LogP contribution in [0, 0.1) is 5.92 Å². The van der Waals surface area contributed by atoms with Crippen LogP contribution in [0.2, 0.25) is 10.0 Å². The number of H-pyrrole nitrogens is 1. The second-order valence-corrected chi connectivity index (χ2v) is 8.44. The van der Waals surface area contributed by atoms with Gasteiger partial charge in [0, 0.05) is 48.1 Å². The molecular weight excluding hydrogens is 399 g/mol. The van der Waals surface area contributed by atoms with Gasteiger partial charge in [-0.2, -0.15) is 0 Å². The summed E-state index contributed by atoms with van der Waals surface area (Å²) in [7, 11) is 0. The van der Waals surface area contributed by atoms with Crippen LogP contribution >= 0.6 is 23.2 Å². The van der Waals surface area contributed by atoms with E-state index in [1.165, 1.54) is 10.6 Å². The molecule has 0 saturated carbocycles. The van der Waals surface area contributed by atoms with E-state index >= 15 is 0 Å². The van der Waals surface area contributed by atoms with Gasteiger partial charge in [-0.1, -0.05) is 37.0 Å². The Kier molecular flexibility index (Phi) is 4.93. The van der Waals surface area contributed by atoms with Crippen molar-refractivity contribution in [1.29, 1.82) is 0 Å². The van der Waals surface area contributed by atoms with Gasteiger partial charge in [-0.25, -0.2) is 9.50 Å². The van der Waals surface area contributed by atoms with Crippen LogP contribution in [-0.2, 0) is 4.79 Å². The molecule has 1 N–H and O–H groups in total. The second kappa shape index (κ2) is 7.26. The molecule has 1 aliphatic heterocycles. The molecule has 0 radical (unpaired) electrons. The van der Waals surface area contributed by atoms with Crippen molar-refractivity contribution >= 4 is 34.8 Å². The lowest BCUT2D eigenvalue weighted by atomic mass is 10.0. The minimum atomic E-state index is -0.217. The number of nitrogens with zero attached hydrogens (tertiary/aromatic N) is 3. The highest BCUT2D eigenvalue weighted by Gasteiger charge is 2.32. The molecule has 1 saturated heterocycles. The number of hydrogen-bond donors (Lipinski definition) is 1. The van der Waals surface area contributed by atoms with Gasteiger partial charge in [0.25, 0.3) is 5.56 Å². The molecular formula is C20H20Cl2N4O2. The zero-order valence-electron chi connectivity index (χ0n) is 15.6. The Morgan fingerprint density at radius 1 is 1.21 bits per heavy atom. The summed E-state index contributed by atoms with van der Waals surface area (Å²) in [6, 6.07) is 8.47. The van der Waals surface area contributed by atoms with E-state index in [4.69, 9.17) is 23.2 Å². The van der Waals surface area contributed by atoms with Crippen molar-refractivity contribution in [2.45, 2.75) is 26.2 Å². The van der Waals surface area contributed by atoms with Crippen molar-refractivity contribution in [3.05, 3.63) is 56.4 Å². The third kappa shape index (κ3) is 3.54. The predicted octanol–water partition coefficient (Wildman–Crippen LogP) is 3.97. The lowest BCUT2D eigenvalue weighted by Gasteiger charge is -2.18. The van der Waals surface area contributed by atoms with Crippen LogP contribution in [0.1, 0.15) is 31.9 Å². The molecule has 1 fully saturated rings. The quantitative estimate of drug-likeness (QED) is 0.696. The average Bonchev–Trinajstić information content (AvgIpc) is 3.19. The molecule has 6 nitrogen and oxygen atoms in total. The molecule has 1 amide bonds. The number of likely N-dealkylation sites (tertiary alicyclic amines) is 1. The van der Waals surface area contributed by atoms with E-state index in [-0.39, 0.29) is 17.4 Å². The molecule has 1 atom stereocenters. The zero-order chi connectivity index (χ0) is 20.0. The summed E-state index contributed by atoms with van der Waals surface area (Å²) in [5, 5.41) is 4.06. The Hall–Kier alpha value is -2.31. The van der Waals surface area contributed by atoms with Gasteiger partial charge in [-0.3, -0.25) is 14.7 Å². The van der Waals surface area contributed by atoms with Gasteiger partial charge < -0.3 is 4.90 Å². The Labute approximate surface area is 172 Å². The fourth-order valence-electron chi connectivity index (χ4n) is 3.65. The summed E-state index contributed by atoms with van der Waals surface area (Å²) in [4.78, 5) is 31.4. The van der Waals surface area contributed by atoms with Crippen LogP contribution in [0.15, 0.2) is 35.1 Å². The highest BCUT2D eigenvalue weighted by Crippen LogP contribution is 2.31. The monoisotopic (exact) mass is 418 g/mol. The first-order valence-corrected chi connectivity index (χ1v) is 9.93. The summed E-state index contributed by atoms with van der Waals surface area (Å²) in [5.74, 6) is 0.449. The number of rotatable bonds is 4. The SMILES string of the molecule is CC(C)CN1CC(c2cc(=O)n3[nH]c(-c4ccc(Cl)cc4Cl)cc3n2)CC1=O. The van der Waals surface area contributed by atoms with Crippen LogP contribution in [-0.4, -0.2) is 38.5 Å². The topological polar surface area (TPSA) is 70.5 Å². The highest BCUT2D eigenvalue weighted by molar-refractivity contribution is 6.36. The van der Waals surface area contributed by atoms with Crippen molar-refractivity contribution < 1.29 is 4.79 Å². The predicted molar refractivity (Wildman–Crippen MR) is 110 cm³/mol. The van der Waals surface area contributed by atoms with Gasteiger partial charge in [0.15, 0.2) is 5.65 Å². The Balaban J connectivity index is 1.69. The fraction of sp³-hybridized carbons (Fsp3) is 0.350. The molecule has 1 aromatic carbocycles. The van der Waals surface area contributed by atoms with Crippen LogP contribution in [0.5, 0.6) is 0 Å². The van der Waals surface area contributed by atoms with E-state index in [1.807, 2.05) is 4.90 Å². The summed E-state index contributed by atoms with van der Waals surface area (Å²) < 4.78 is 1.38. The van der Waals surface area contributed by atoms with Gasteiger partial charge in [-0.15, -0.1) is 0 Å². The molecule has 0 bridgehead atoms. The molecule has 3 aromatic rings. The Morgan fingerprint density at radius 2 is 2.00 bits per heavy atom. The number of benzene rings is 1. The number of nitrogens with one attached hydrogen (secondary N) is 1. The van der Waals surface area contributed by atoms with Crippen molar-refractivity contribution in [1.82, 2.24) is 19.5 Å². The summed E-state index contributed by atoms with van der Waals surface area (Å²) in [6.45, 7) is 5.49. The van der Waals surface area contributed by atoms with Gasteiger partial charge in [-0.05, 0) is 24.1 Å². The largest absolute Gasteiger partial charge is 0.342 e. The van der Waals surface area contributed by atoms with Crippen LogP contribution < -0.4 is 5.56 Å². The number of halogens is 2. The van der Waals surface area contributed by atoms with E-state index in [0.29, 0.717) is 46.0 Å². The van der Waals surface area contributed by atoms with Gasteiger partial charge >= 0.3 is 0 Å². The van der Waals surface area contributed by atoms with Crippen molar-refractivity contribution in [2.24, 2.45) is 5.92 Å². The van der Waals surface area contributed by atoms with Crippen LogP contribution in [0.4, 0.5) is 0 Å². The van der Waals surface area contributed by atoms with Gasteiger partial charge in [0.05, 0.1) is 16.4 Å². The standard InChI is InChI=1S/C20H20Cl2N4O2/c1-11(2)9-25-10-12(5-19(25)27)16-8-20(28)26-18(23-16)7-17(24-26)14-4-3-13(21)6-15(14)22/h3-4,6-8,11-12,24H,5,9-10H2,1-2H3. The second-order valence-electron chi connectivity index (χ2n) is 7.60. The van der Waals surface area contributed by atoms with E-state index in [9.17, 15) is 9.59 Å². The van der Waals surface area contributed by atoms with Crippen molar-refractivity contribution in [3.63, 3.8) is 0 Å². The first kappa shape index (κ1) is 19.0. The Bertz CT molecular complexity index is 1120. The maximum Gasteiger partial charge on any atom is 0.272 e. The minimum absolute atomic E-state index is 0.0681. The number of amides is 1. The maximum absolute atomic E-state index is 12.6. The van der Waals surface area contributed by atoms with E-state index in [2.05, 4.69) is 23.9 Å². The van der Waals surface area contributed by atoms with Gasteiger partial charge in [0.1, 0.15) is 0 Å². The molecule has 1 unspecified atom stereocenters. The average molecular weight is 419 g/mol. The Morgan fingerprint density at radius 3 is 2.71 bits per heavy atom. The molecule has 28 heavy (non-hydrogen) atoms. The molecule has 0 aliphatic carbocycles. The summed E-state index contributed by atoms with van der Waals surface area (Å²) in [6.07, 6.45) is 0.385. The smallest absolute Gasteiger partial charge is 0.272 e. The minimum Gasteiger partial charge on any atom is -0.342 e. The zero-order valence-corrected chi connectivity index (χ0v) is 17.1. The first-order valence-electron chi connectivity index (χ1n) is 9.17.